The Kier molecular flexibility index (Phi) is 5.63. The number of amides is 3. The highest BCUT2D eigenvalue weighted by Crippen LogP contribution is 2.36. The van der Waals surface area contributed by atoms with Gasteiger partial charge in [0.2, 0.25) is 0 Å². The Labute approximate surface area is 130 Å². The van der Waals surface area contributed by atoms with Gasteiger partial charge < -0.3 is 20.7 Å². The van der Waals surface area contributed by atoms with E-state index in [1.807, 2.05) is 18.2 Å². The zero-order chi connectivity index (χ0) is 15.9. The van der Waals surface area contributed by atoms with Crippen LogP contribution in [0, 0.1) is 11.8 Å². The van der Waals surface area contributed by atoms with Crippen molar-refractivity contribution in [2.75, 3.05) is 20.2 Å². The molecular weight excluding hydrogens is 282 g/mol. The summed E-state index contributed by atoms with van der Waals surface area (Å²) in [6, 6.07) is 7.17. The first kappa shape index (κ1) is 16.1. The molecule has 0 spiro atoms. The van der Waals surface area contributed by atoms with E-state index in [4.69, 9.17) is 4.74 Å². The third-order valence-corrected chi connectivity index (χ3v) is 3.80. The summed E-state index contributed by atoms with van der Waals surface area (Å²) < 4.78 is 5.36. The fourth-order valence-electron chi connectivity index (χ4n) is 2.12. The topological polar surface area (TPSA) is 79.5 Å². The molecule has 0 aromatic heterocycles. The molecule has 120 valence electrons. The predicted molar refractivity (Wildman–Crippen MR) is 83.5 cm³/mol. The van der Waals surface area contributed by atoms with Gasteiger partial charge in [-0.2, -0.15) is 0 Å². The molecule has 1 fully saturated rings. The standard InChI is InChI=1S/C16H23N3O3/c1-11-6-13(11)9-19-16(21)18-8-12-4-3-5-14(7-12)22-10-15(20)17-2/h3-5,7,11,13H,6,8-10H2,1-2H3,(H,17,20)(H2,18,19,21). The van der Waals surface area contributed by atoms with Crippen molar-refractivity contribution in [1.82, 2.24) is 16.0 Å². The Morgan fingerprint density at radius 3 is 2.77 bits per heavy atom. The van der Waals surface area contributed by atoms with Crippen LogP contribution in [0.15, 0.2) is 24.3 Å². The lowest BCUT2D eigenvalue weighted by Gasteiger charge is -2.09. The molecule has 1 saturated carbocycles. The molecule has 3 N–H and O–H groups in total. The summed E-state index contributed by atoms with van der Waals surface area (Å²) in [7, 11) is 1.56. The van der Waals surface area contributed by atoms with Crippen LogP contribution in [-0.2, 0) is 11.3 Å². The van der Waals surface area contributed by atoms with Crippen LogP contribution in [-0.4, -0.2) is 32.1 Å². The van der Waals surface area contributed by atoms with E-state index in [2.05, 4.69) is 22.9 Å². The molecule has 3 amide bonds. The number of nitrogens with one attached hydrogen (secondary N) is 3. The van der Waals surface area contributed by atoms with Crippen LogP contribution >= 0.6 is 0 Å². The van der Waals surface area contributed by atoms with E-state index in [1.165, 1.54) is 6.42 Å². The van der Waals surface area contributed by atoms with Crippen molar-refractivity contribution in [3.63, 3.8) is 0 Å². The number of rotatable bonds is 7. The van der Waals surface area contributed by atoms with Crippen LogP contribution < -0.4 is 20.7 Å². The molecule has 22 heavy (non-hydrogen) atoms. The molecule has 6 nitrogen and oxygen atoms in total. The van der Waals surface area contributed by atoms with E-state index in [9.17, 15) is 9.59 Å². The molecule has 0 aliphatic heterocycles. The highest BCUT2D eigenvalue weighted by Gasteiger charge is 2.32. The van der Waals surface area contributed by atoms with Crippen LogP contribution in [0.2, 0.25) is 0 Å². The van der Waals surface area contributed by atoms with Gasteiger partial charge in [0.15, 0.2) is 6.61 Å². The zero-order valence-corrected chi connectivity index (χ0v) is 13.0. The molecule has 0 heterocycles. The summed E-state index contributed by atoms with van der Waals surface area (Å²) in [4.78, 5) is 22.8. The molecule has 0 saturated heterocycles. The number of ether oxygens (including phenoxy) is 1. The largest absolute Gasteiger partial charge is 0.484 e. The minimum atomic E-state index is -0.183. The van der Waals surface area contributed by atoms with Crippen LogP contribution in [0.5, 0.6) is 5.75 Å². The Morgan fingerprint density at radius 2 is 2.09 bits per heavy atom. The van der Waals surface area contributed by atoms with Crippen LogP contribution in [0.25, 0.3) is 0 Å². The number of urea groups is 1. The zero-order valence-electron chi connectivity index (χ0n) is 13.0. The van der Waals surface area contributed by atoms with Crippen molar-refractivity contribution in [3.8, 4) is 5.75 Å². The van der Waals surface area contributed by atoms with Crippen LogP contribution in [0.3, 0.4) is 0 Å². The quantitative estimate of drug-likeness (QED) is 0.709. The molecule has 1 aliphatic rings. The second-order valence-corrected chi connectivity index (χ2v) is 5.65. The lowest BCUT2D eigenvalue weighted by Crippen LogP contribution is -2.36. The van der Waals surface area contributed by atoms with Gasteiger partial charge >= 0.3 is 6.03 Å². The first-order chi connectivity index (χ1) is 10.6. The average molecular weight is 305 g/mol. The predicted octanol–water partition coefficient (Wildman–Crippen LogP) is 1.27. The second-order valence-electron chi connectivity index (χ2n) is 5.65. The minimum Gasteiger partial charge on any atom is -0.484 e. The van der Waals surface area contributed by atoms with Crippen molar-refractivity contribution in [3.05, 3.63) is 29.8 Å². The van der Waals surface area contributed by atoms with Crippen molar-refractivity contribution >= 4 is 11.9 Å². The number of benzene rings is 1. The van der Waals surface area contributed by atoms with Gasteiger partial charge in [0.25, 0.3) is 5.91 Å². The van der Waals surface area contributed by atoms with E-state index >= 15 is 0 Å². The summed E-state index contributed by atoms with van der Waals surface area (Å²) in [6.07, 6.45) is 1.20. The summed E-state index contributed by atoms with van der Waals surface area (Å²) in [5.41, 5.74) is 0.921. The van der Waals surface area contributed by atoms with Gasteiger partial charge in [0, 0.05) is 20.1 Å². The number of carbonyl (C=O) groups is 2. The molecule has 6 heteroatoms. The third kappa shape index (κ3) is 5.27. The average Bonchev–Trinajstić information content (AvgIpc) is 3.24. The van der Waals surface area contributed by atoms with Gasteiger partial charge in [0.05, 0.1) is 0 Å². The van der Waals surface area contributed by atoms with E-state index < -0.39 is 0 Å². The normalized spacial score (nSPS) is 19.2. The van der Waals surface area contributed by atoms with Crippen molar-refractivity contribution < 1.29 is 14.3 Å². The van der Waals surface area contributed by atoms with Gasteiger partial charge in [-0.05, 0) is 36.0 Å². The molecule has 2 rings (SSSR count). The van der Waals surface area contributed by atoms with Crippen LogP contribution in [0.1, 0.15) is 18.9 Å². The molecule has 2 unspecified atom stereocenters. The highest BCUT2D eigenvalue weighted by atomic mass is 16.5. The third-order valence-electron chi connectivity index (χ3n) is 3.80. The minimum absolute atomic E-state index is 0.0204. The van der Waals surface area contributed by atoms with Gasteiger partial charge in [-0.15, -0.1) is 0 Å². The first-order valence-electron chi connectivity index (χ1n) is 7.52. The monoisotopic (exact) mass is 305 g/mol. The summed E-state index contributed by atoms with van der Waals surface area (Å²) >= 11 is 0. The Balaban J connectivity index is 1.72. The highest BCUT2D eigenvalue weighted by molar-refractivity contribution is 5.77. The summed E-state index contributed by atoms with van der Waals surface area (Å²) in [6.45, 7) is 3.33. The maximum atomic E-state index is 11.7. The van der Waals surface area contributed by atoms with E-state index in [1.54, 1.807) is 13.1 Å². The number of carbonyl (C=O) groups excluding carboxylic acids is 2. The molecule has 1 aromatic carbocycles. The summed E-state index contributed by atoms with van der Waals surface area (Å²) in [5, 5.41) is 8.18. The molecule has 0 radical (unpaired) electrons. The number of likely N-dealkylation sites (N-methyl/N-ethyl adjacent to an activating group) is 1. The molecule has 1 aliphatic carbocycles. The SMILES string of the molecule is CNC(=O)COc1cccc(CNC(=O)NCC2CC2C)c1. The number of hydrogen-bond acceptors (Lipinski definition) is 3. The maximum Gasteiger partial charge on any atom is 0.315 e. The smallest absolute Gasteiger partial charge is 0.315 e. The number of hydrogen-bond donors (Lipinski definition) is 3. The van der Waals surface area contributed by atoms with E-state index in [-0.39, 0.29) is 18.5 Å². The van der Waals surface area contributed by atoms with Gasteiger partial charge in [-0.1, -0.05) is 19.1 Å². The Hall–Kier alpha value is -2.24. The van der Waals surface area contributed by atoms with Gasteiger partial charge in [-0.25, -0.2) is 4.79 Å². The Bertz CT molecular complexity index is 533. The van der Waals surface area contributed by atoms with Crippen molar-refractivity contribution in [2.24, 2.45) is 11.8 Å². The second kappa shape index (κ2) is 7.68. The fourth-order valence-corrected chi connectivity index (χ4v) is 2.12. The Morgan fingerprint density at radius 1 is 1.32 bits per heavy atom. The maximum absolute atomic E-state index is 11.7. The van der Waals surface area contributed by atoms with E-state index in [0.29, 0.717) is 18.2 Å². The fraction of sp³-hybridized carbons (Fsp3) is 0.500. The van der Waals surface area contributed by atoms with Crippen molar-refractivity contribution in [1.29, 1.82) is 0 Å². The van der Waals surface area contributed by atoms with Gasteiger partial charge in [0.1, 0.15) is 5.75 Å². The lowest BCUT2D eigenvalue weighted by molar-refractivity contribution is -0.122. The van der Waals surface area contributed by atoms with Crippen molar-refractivity contribution in [2.45, 2.75) is 19.9 Å². The molecule has 1 aromatic rings. The molecular formula is C16H23N3O3. The van der Waals surface area contributed by atoms with Crippen LogP contribution in [0.4, 0.5) is 4.79 Å². The molecule has 2 atom stereocenters. The first-order valence-corrected chi connectivity index (χ1v) is 7.52. The molecule has 0 bridgehead atoms. The van der Waals surface area contributed by atoms with Gasteiger partial charge in [-0.3, -0.25) is 4.79 Å². The summed E-state index contributed by atoms with van der Waals surface area (Å²) in [5.74, 6) is 1.79. The lowest BCUT2D eigenvalue weighted by atomic mass is 10.2. The van der Waals surface area contributed by atoms with E-state index in [0.717, 1.165) is 18.0 Å².